The molecule has 4 rings (SSSR count). The van der Waals surface area contributed by atoms with Crippen LogP contribution in [0.25, 0.3) is 0 Å². The van der Waals surface area contributed by atoms with Crippen molar-refractivity contribution in [3.63, 3.8) is 0 Å². The first-order chi connectivity index (χ1) is 15.4. The minimum atomic E-state index is -6.43. The van der Waals surface area contributed by atoms with Crippen LogP contribution in [0.3, 0.4) is 0 Å². The van der Waals surface area contributed by atoms with E-state index in [2.05, 4.69) is 4.74 Å². The second-order valence-corrected chi connectivity index (χ2v) is 10.8. The van der Waals surface area contributed by atoms with E-state index < -0.39 is 63.4 Å². The zero-order chi connectivity index (χ0) is 25.8. The molecule has 2 atom stereocenters. The molecule has 0 radical (unpaired) electrons. The zero-order valence-corrected chi connectivity index (χ0v) is 18.8. The van der Waals surface area contributed by atoms with Crippen molar-refractivity contribution in [2.24, 2.45) is 17.3 Å². The maximum absolute atomic E-state index is 14.3. The molecule has 0 aromatic rings. The van der Waals surface area contributed by atoms with E-state index in [0.29, 0.717) is 6.42 Å². The van der Waals surface area contributed by atoms with E-state index in [9.17, 15) is 44.3 Å². The molecule has 0 heterocycles. The van der Waals surface area contributed by atoms with E-state index in [1.807, 2.05) is 0 Å². The van der Waals surface area contributed by atoms with Gasteiger partial charge in [0, 0.05) is 0 Å². The van der Waals surface area contributed by atoms with Crippen LogP contribution in [0.2, 0.25) is 0 Å². The van der Waals surface area contributed by atoms with E-state index >= 15 is 0 Å². The summed E-state index contributed by atoms with van der Waals surface area (Å²) in [5.74, 6) is -8.72. The van der Waals surface area contributed by atoms with Gasteiger partial charge in [0.2, 0.25) is 0 Å². The van der Waals surface area contributed by atoms with E-state index in [0.717, 1.165) is 0 Å². The maximum atomic E-state index is 14.3. The van der Waals surface area contributed by atoms with Crippen molar-refractivity contribution >= 4 is 51.6 Å². The monoisotopic (exact) mass is 550 g/mol. The predicted octanol–water partition coefficient (Wildman–Crippen LogP) is 2.90. The molecule has 1 N–H and O–H groups in total. The van der Waals surface area contributed by atoms with Crippen molar-refractivity contribution in [2.75, 3.05) is 13.2 Å². The predicted molar refractivity (Wildman–Crippen MR) is 107 cm³/mol. The Kier molecular flexibility index (Phi) is 8.69. The third-order valence-electron chi connectivity index (χ3n) is 6.70. The fourth-order valence-electron chi connectivity index (χ4n) is 5.82. The summed E-state index contributed by atoms with van der Waals surface area (Å²) in [6.45, 7) is -0.284. The molecular weight excluding hydrogens is 525 g/mol. The number of alkyl halides is 6. The van der Waals surface area contributed by atoms with E-state index in [1.54, 1.807) is 0 Å². The average Bonchev–Trinajstić information content (AvgIpc) is 2.65. The second-order valence-electron chi connectivity index (χ2n) is 9.35. The van der Waals surface area contributed by atoms with Crippen LogP contribution in [0.4, 0.5) is 26.3 Å². The number of hydrogen-bond acceptors (Lipinski definition) is 7. The third-order valence-corrected chi connectivity index (χ3v) is 7.64. The van der Waals surface area contributed by atoms with Gasteiger partial charge in [-0.1, -0.05) is 0 Å². The van der Waals surface area contributed by atoms with Crippen LogP contribution in [-0.4, -0.2) is 90.6 Å². The van der Waals surface area contributed by atoms with Crippen LogP contribution in [0.5, 0.6) is 0 Å². The summed E-state index contributed by atoms with van der Waals surface area (Å²) in [5.41, 5.74) is -2.98. The normalized spacial score (nSPS) is 30.5. The molecule has 35 heavy (non-hydrogen) atoms. The van der Waals surface area contributed by atoms with Crippen LogP contribution >= 0.6 is 0 Å². The topological polar surface area (TPSA) is 116 Å². The summed E-state index contributed by atoms with van der Waals surface area (Å²) < 4.78 is 126. The summed E-state index contributed by atoms with van der Waals surface area (Å²) in [7, 11) is -6.43. The summed E-state index contributed by atoms with van der Waals surface area (Å²) in [5, 5.41) is -5.80. The zero-order valence-electron chi connectivity index (χ0n) is 18.0. The molecule has 0 aliphatic heterocycles. The number of esters is 2. The van der Waals surface area contributed by atoms with Crippen LogP contribution in [0.15, 0.2) is 0 Å². The first-order valence-corrected chi connectivity index (χ1v) is 12.0. The number of ether oxygens (including phenoxy) is 3. The molecule has 0 aromatic heterocycles. The van der Waals surface area contributed by atoms with Gasteiger partial charge in [0.05, 0.1) is 30.7 Å². The number of hydrogen-bond donors (Lipinski definition) is 1. The second kappa shape index (κ2) is 9.93. The molecule has 0 amide bonds. The van der Waals surface area contributed by atoms with Crippen molar-refractivity contribution in [1.82, 2.24) is 0 Å². The van der Waals surface area contributed by atoms with Crippen molar-refractivity contribution in [2.45, 2.75) is 74.8 Å². The van der Waals surface area contributed by atoms with E-state index in [-0.39, 0.29) is 80.1 Å². The van der Waals surface area contributed by atoms with Gasteiger partial charge in [-0.05, 0) is 57.3 Å². The Hall–Kier alpha value is -0.610. The van der Waals surface area contributed by atoms with Crippen LogP contribution in [-0.2, 0) is 33.9 Å². The molecule has 198 valence electrons. The van der Waals surface area contributed by atoms with Gasteiger partial charge in [-0.15, -0.1) is 0 Å². The minimum absolute atomic E-state index is 0. The van der Waals surface area contributed by atoms with Crippen molar-refractivity contribution in [3.8, 4) is 0 Å². The quantitative estimate of drug-likeness (QED) is 0.191. The summed E-state index contributed by atoms with van der Waals surface area (Å²) in [4.78, 5) is 24.4. The molecule has 0 spiro atoms. The van der Waals surface area contributed by atoms with Crippen molar-refractivity contribution in [1.29, 1.82) is 0 Å². The van der Waals surface area contributed by atoms with Crippen molar-refractivity contribution < 1.29 is 63.1 Å². The Bertz CT molecular complexity index is 930. The molecule has 16 heteroatoms. The van der Waals surface area contributed by atoms with Crippen LogP contribution in [0, 0.1) is 17.3 Å². The molecule has 4 aliphatic rings. The Morgan fingerprint density at radius 3 is 2.03 bits per heavy atom. The summed E-state index contributed by atoms with van der Waals surface area (Å²) in [6.07, 6.45) is -5.26. The van der Waals surface area contributed by atoms with Gasteiger partial charge >= 0.3 is 68.9 Å². The number of rotatable bonds is 10. The fraction of sp³-hybridized carbons (Fsp3) is 0.895. The molecule has 4 fully saturated rings. The molecule has 4 saturated carbocycles. The van der Waals surface area contributed by atoms with Gasteiger partial charge in [-0.3, -0.25) is 9.35 Å². The standard InChI is InChI=1S/C19H24F6O8S.Na.H/c1-2-31-14(27)18(22,23)33-16-8-11-5-12(9-16)7-15(6-11,10-16)13(26)32-4-3-17(20,21)19(24,25)34(28,29)30;;/h11-12H,2-10H2,1H3,(H,28,29,30);;. The first kappa shape index (κ1) is 30.6. The van der Waals surface area contributed by atoms with E-state index in [1.165, 1.54) is 6.92 Å². The van der Waals surface area contributed by atoms with Gasteiger partial charge < -0.3 is 14.2 Å². The van der Waals surface area contributed by atoms with Crippen LogP contribution in [0.1, 0.15) is 51.9 Å². The van der Waals surface area contributed by atoms with Gasteiger partial charge in [0.15, 0.2) is 0 Å². The Balaban J connectivity index is 0.00000432. The Labute approximate surface area is 219 Å². The molecule has 8 nitrogen and oxygen atoms in total. The molecule has 4 aliphatic carbocycles. The molecular formula is C19H25F6NaO8S. The summed E-state index contributed by atoms with van der Waals surface area (Å²) in [6, 6.07) is 0. The van der Waals surface area contributed by atoms with E-state index in [4.69, 9.17) is 14.0 Å². The van der Waals surface area contributed by atoms with Gasteiger partial charge in [-0.25, -0.2) is 4.79 Å². The summed E-state index contributed by atoms with van der Waals surface area (Å²) >= 11 is 0. The van der Waals surface area contributed by atoms with Gasteiger partial charge in [0.1, 0.15) is 0 Å². The number of carbonyl (C=O) groups is 2. The molecule has 0 saturated heterocycles. The molecule has 0 aromatic carbocycles. The van der Waals surface area contributed by atoms with Crippen LogP contribution < -0.4 is 0 Å². The fourth-order valence-corrected chi connectivity index (χ4v) is 6.30. The van der Waals surface area contributed by atoms with Crippen molar-refractivity contribution in [3.05, 3.63) is 0 Å². The Morgan fingerprint density at radius 1 is 1.00 bits per heavy atom. The molecule has 2 unspecified atom stereocenters. The third kappa shape index (κ3) is 5.79. The first-order valence-electron chi connectivity index (χ1n) is 10.5. The van der Waals surface area contributed by atoms with Gasteiger partial charge in [0.25, 0.3) is 0 Å². The number of halogens is 6. The SMILES string of the molecule is CCOC(=O)C(F)(F)OC12CC3CC(C1)CC(C(=O)OCCC(F)(F)C(F)(F)S(=O)(=O)O)(C3)C2.[NaH]. The average molecular weight is 550 g/mol. The Morgan fingerprint density at radius 2 is 1.54 bits per heavy atom. The number of carbonyl (C=O) groups excluding carboxylic acids is 2. The van der Waals surface area contributed by atoms with Gasteiger partial charge in [-0.2, -0.15) is 34.8 Å². The molecule has 4 bridgehead atoms.